The number of rotatable bonds is 4. The first-order valence-electron chi connectivity index (χ1n) is 9.95. The van der Waals surface area contributed by atoms with Crippen molar-refractivity contribution >= 4 is 5.91 Å². The SMILES string of the molecule is Cc1cc(=O)c(C(=O)N2CC[NH+](Cc3ccccc3)CC2)nn1-c1ccccc1. The number of aryl methyl sites for hydroxylation is 1. The highest BCUT2D eigenvalue weighted by atomic mass is 16.2. The van der Waals surface area contributed by atoms with Gasteiger partial charge in [-0.3, -0.25) is 9.59 Å². The van der Waals surface area contributed by atoms with E-state index in [0.717, 1.165) is 25.3 Å². The Morgan fingerprint density at radius 2 is 1.62 bits per heavy atom. The third-order valence-electron chi connectivity index (χ3n) is 5.37. The van der Waals surface area contributed by atoms with Gasteiger partial charge in [-0.15, -0.1) is 0 Å². The Kier molecular flexibility index (Phi) is 5.53. The van der Waals surface area contributed by atoms with Crippen LogP contribution in [-0.2, 0) is 6.54 Å². The minimum absolute atomic E-state index is 0.00837. The number of para-hydroxylation sites is 1. The van der Waals surface area contributed by atoms with Crippen LogP contribution in [0, 0.1) is 6.92 Å². The summed E-state index contributed by atoms with van der Waals surface area (Å²) in [6.45, 7) is 5.75. The molecule has 0 atom stereocenters. The van der Waals surface area contributed by atoms with E-state index in [0.29, 0.717) is 18.8 Å². The molecule has 0 unspecified atom stereocenters. The summed E-state index contributed by atoms with van der Waals surface area (Å²) in [5, 5.41) is 4.41. The molecule has 6 nitrogen and oxygen atoms in total. The molecular weight excluding hydrogens is 364 g/mol. The summed E-state index contributed by atoms with van der Waals surface area (Å²) >= 11 is 0. The third-order valence-corrected chi connectivity index (χ3v) is 5.37. The molecule has 1 amide bonds. The molecule has 0 saturated carbocycles. The minimum atomic E-state index is -0.321. The number of carbonyl (C=O) groups excluding carboxylic acids is 1. The van der Waals surface area contributed by atoms with E-state index in [9.17, 15) is 9.59 Å². The molecule has 1 aliphatic heterocycles. The van der Waals surface area contributed by atoms with Gasteiger partial charge in [0, 0.05) is 17.3 Å². The molecule has 4 rings (SSSR count). The van der Waals surface area contributed by atoms with Gasteiger partial charge in [0.2, 0.25) is 5.43 Å². The van der Waals surface area contributed by atoms with Crippen LogP contribution in [0.25, 0.3) is 5.69 Å². The smallest absolute Gasteiger partial charge is 0.278 e. The first-order valence-corrected chi connectivity index (χ1v) is 9.95. The molecule has 148 valence electrons. The Morgan fingerprint density at radius 3 is 2.28 bits per heavy atom. The summed E-state index contributed by atoms with van der Waals surface area (Å²) in [6, 6.07) is 21.4. The number of hydrogen-bond donors (Lipinski definition) is 1. The van der Waals surface area contributed by atoms with Gasteiger partial charge in [0.25, 0.3) is 5.91 Å². The van der Waals surface area contributed by atoms with Crippen LogP contribution in [0.5, 0.6) is 0 Å². The molecule has 1 aliphatic rings. The monoisotopic (exact) mass is 389 g/mol. The fraction of sp³-hybridized carbons (Fsp3) is 0.261. The average Bonchev–Trinajstić information content (AvgIpc) is 2.75. The van der Waals surface area contributed by atoms with Crippen molar-refractivity contribution in [3.8, 4) is 5.69 Å². The quantitative estimate of drug-likeness (QED) is 0.727. The maximum absolute atomic E-state index is 13.0. The van der Waals surface area contributed by atoms with E-state index in [-0.39, 0.29) is 17.0 Å². The predicted molar refractivity (Wildman–Crippen MR) is 111 cm³/mol. The van der Waals surface area contributed by atoms with E-state index in [1.165, 1.54) is 16.5 Å². The van der Waals surface area contributed by atoms with Crippen LogP contribution in [0.4, 0.5) is 0 Å². The van der Waals surface area contributed by atoms with Gasteiger partial charge in [-0.2, -0.15) is 5.10 Å². The first kappa shape index (κ1) is 19.1. The lowest BCUT2D eigenvalue weighted by atomic mass is 10.2. The maximum Gasteiger partial charge on any atom is 0.278 e. The molecule has 1 aromatic heterocycles. The fourth-order valence-electron chi connectivity index (χ4n) is 3.76. The normalized spacial score (nSPS) is 14.7. The van der Waals surface area contributed by atoms with Crippen molar-refractivity contribution in [3.05, 3.63) is 93.9 Å². The number of amides is 1. The summed E-state index contributed by atoms with van der Waals surface area (Å²) in [4.78, 5) is 28.7. The summed E-state index contributed by atoms with van der Waals surface area (Å²) < 4.78 is 1.66. The van der Waals surface area contributed by atoms with Crippen molar-refractivity contribution in [2.24, 2.45) is 0 Å². The lowest BCUT2D eigenvalue weighted by Crippen LogP contribution is -3.13. The average molecular weight is 389 g/mol. The number of carbonyl (C=O) groups is 1. The van der Waals surface area contributed by atoms with Crippen LogP contribution in [0.2, 0.25) is 0 Å². The fourth-order valence-corrected chi connectivity index (χ4v) is 3.76. The molecule has 0 radical (unpaired) electrons. The number of benzene rings is 2. The molecule has 1 saturated heterocycles. The third kappa shape index (κ3) is 4.27. The Bertz CT molecular complexity index is 1040. The van der Waals surface area contributed by atoms with Crippen LogP contribution < -0.4 is 10.3 Å². The Morgan fingerprint density at radius 1 is 1.00 bits per heavy atom. The molecule has 6 heteroatoms. The second-order valence-electron chi connectivity index (χ2n) is 7.45. The zero-order valence-corrected chi connectivity index (χ0v) is 16.5. The lowest BCUT2D eigenvalue weighted by molar-refractivity contribution is -0.917. The number of quaternary nitrogens is 1. The highest BCUT2D eigenvalue weighted by Crippen LogP contribution is 2.09. The topological polar surface area (TPSA) is 59.6 Å². The molecule has 1 fully saturated rings. The Balaban J connectivity index is 1.48. The zero-order chi connectivity index (χ0) is 20.2. The van der Waals surface area contributed by atoms with E-state index in [1.807, 2.05) is 43.3 Å². The van der Waals surface area contributed by atoms with Crippen LogP contribution in [0.3, 0.4) is 0 Å². The van der Waals surface area contributed by atoms with Crippen molar-refractivity contribution in [2.75, 3.05) is 26.2 Å². The lowest BCUT2D eigenvalue weighted by Gasteiger charge is -2.32. The molecule has 2 aromatic carbocycles. The molecule has 29 heavy (non-hydrogen) atoms. The van der Waals surface area contributed by atoms with Crippen molar-refractivity contribution in [1.82, 2.24) is 14.7 Å². The second kappa shape index (κ2) is 8.41. The summed E-state index contributed by atoms with van der Waals surface area (Å²) in [5.41, 5.74) is 2.50. The summed E-state index contributed by atoms with van der Waals surface area (Å²) in [5.74, 6) is -0.279. The standard InChI is InChI=1S/C23H24N4O2/c1-18-16-21(28)22(24-27(18)20-10-6-3-7-11-20)23(29)26-14-12-25(13-15-26)17-19-8-4-2-5-9-19/h2-11,16H,12-15,17H2,1H3/p+1. The molecule has 0 aliphatic carbocycles. The number of aromatic nitrogens is 2. The highest BCUT2D eigenvalue weighted by molar-refractivity contribution is 5.92. The van der Waals surface area contributed by atoms with Crippen LogP contribution >= 0.6 is 0 Å². The van der Waals surface area contributed by atoms with Crippen LogP contribution in [0.15, 0.2) is 71.5 Å². The van der Waals surface area contributed by atoms with E-state index >= 15 is 0 Å². The first-order chi connectivity index (χ1) is 14.1. The van der Waals surface area contributed by atoms with Gasteiger partial charge in [-0.1, -0.05) is 48.5 Å². The van der Waals surface area contributed by atoms with Gasteiger partial charge in [0.15, 0.2) is 5.69 Å². The van der Waals surface area contributed by atoms with Crippen molar-refractivity contribution in [3.63, 3.8) is 0 Å². The Hall–Kier alpha value is -3.25. The van der Waals surface area contributed by atoms with Gasteiger partial charge >= 0.3 is 0 Å². The predicted octanol–water partition coefficient (Wildman–Crippen LogP) is 1.08. The van der Waals surface area contributed by atoms with Crippen LogP contribution in [0.1, 0.15) is 21.7 Å². The van der Waals surface area contributed by atoms with Crippen molar-refractivity contribution < 1.29 is 9.69 Å². The number of piperazine rings is 1. The van der Waals surface area contributed by atoms with Crippen molar-refractivity contribution in [2.45, 2.75) is 13.5 Å². The molecule has 0 bridgehead atoms. The highest BCUT2D eigenvalue weighted by Gasteiger charge is 2.27. The molecule has 1 N–H and O–H groups in total. The second-order valence-corrected chi connectivity index (χ2v) is 7.45. The molecule has 0 spiro atoms. The Labute approximate surface area is 170 Å². The number of nitrogens with one attached hydrogen (secondary N) is 1. The largest absolute Gasteiger partial charge is 0.328 e. The maximum atomic E-state index is 13.0. The number of nitrogens with zero attached hydrogens (tertiary/aromatic N) is 3. The van der Waals surface area contributed by atoms with Crippen molar-refractivity contribution in [1.29, 1.82) is 0 Å². The molecular formula is C23H25N4O2+. The van der Waals surface area contributed by atoms with E-state index in [2.05, 4.69) is 29.4 Å². The van der Waals surface area contributed by atoms with Gasteiger partial charge < -0.3 is 9.80 Å². The van der Waals surface area contributed by atoms with Gasteiger partial charge in [-0.05, 0) is 19.1 Å². The van der Waals surface area contributed by atoms with E-state index in [4.69, 9.17) is 0 Å². The van der Waals surface area contributed by atoms with E-state index in [1.54, 1.807) is 9.58 Å². The van der Waals surface area contributed by atoms with Gasteiger partial charge in [0.05, 0.1) is 31.9 Å². The number of hydrogen-bond acceptors (Lipinski definition) is 3. The van der Waals surface area contributed by atoms with Gasteiger partial charge in [0.1, 0.15) is 6.54 Å². The molecule has 2 heterocycles. The van der Waals surface area contributed by atoms with E-state index < -0.39 is 0 Å². The minimum Gasteiger partial charge on any atom is -0.328 e. The zero-order valence-electron chi connectivity index (χ0n) is 16.5. The van der Waals surface area contributed by atoms with Gasteiger partial charge in [-0.25, -0.2) is 4.68 Å². The summed E-state index contributed by atoms with van der Waals surface area (Å²) in [6.07, 6.45) is 0. The summed E-state index contributed by atoms with van der Waals surface area (Å²) in [7, 11) is 0. The molecule has 3 aromatic rings. The van der Waals surface area contributed by atoms with Crippen LogP contribution in [-0.4, -0.2) is 46.8 Å².